The van der Waals surface area contributed by atoms with Crippen LogP contribution in [0.15, 0.2) is 55.0 Å². The largest absolute Gasteiger partial charge is 0.497 e. The van der Waals surface area contributed by atoms with Crippen molar-refractivity contribution in [1.29, 1.82) is 0 Å². The number of hydrogen-bond donors (Lipinski definition) is 1. The lowest BCUT2D eigenvalue weighted by atomic mass is 10.1. The van der Waals surface area contributed by atoms with Gasteiger partial charge in [0, 0.05) is 42.5 Å². The average molecular weight is 568 g/mol. The fraction of sp³-hybridized carbons (Fsp3) is 0.290. The normalized spacial score (nSPS) is 12.6. The van der Waals surface area contributed by atoms with Gasteiger partial charge in [-0.2, -0.15) is 10.1 Å². The summed E-state index contributed by atoms with van der Waals surface area (Å²) in [4.78, 5) is 16.5. The highest BCUT2D eigenvalue weighted by Gasteiger charge is 2.23. The Morgan fingerprint density at radius 3 is 2.57 bits per heavy atom. The molecule has 0 amide bonds. The second-order valence-electron chi connectivity index (χ2n) is 10.0. The maximum absolute atomic E-state index is 6.65. The predicted octanol–water partition coefficient (Wildman–Crippen LogP) is 5.29. The summed E-state index contributed by atoms with van der Waals surface area (Å²) in [5.74, 6) is 4.63. The Morgan fingerprint density at radius 1 is 0.905 bits per heavy atom. The second-order valence-corrected chi connectivity index (χ2v) is 10.0. The summed E-state index contributed by atoms with van der Waals surface area (Å²) in [6.45, 7) is 6.65. The third-order valence-corrected chi connectivity index (χ3v) is 7.55. The lowest BCUT2D eigenvalue weighted by Gasteiger charge is -2.29. The van der Waals surface area contributed by atoms with Crippen molar-refractivity contribution in [3.63, 3.8) is 0 Å². The maximum atomic E-state index is 6.65. The molecular weight excluding hydrogens is 534 g/mol. The van der Waals surface area contributed by atoms with Crippen LogP contribution < -0.4 is 29.2 Å². The van der Waals surface area contributed by atoms with Crippen LogP contribution in [0.1, 0.15) is 22.4 Å². The fourth-order valence-corrected chi connectivity index (χ4v) is 5.25. The number of methoxy groups -OCH3 is 3. The zero-order valence-electron chi connectivity index (χ0n) is 24.3. The van der Waals surface area contributed by atoms with Gasteiger partial charge < -0.3 is 29.2 Å². The minimum atomic E-state index is 0.408. The number of ether oxygens (including phenoxy) is 4. The molecule has 0 saturated heterocycles. The van der Waals surface area contributed by atoms with Crippen LogP contribution in [0.2, 0.25) is 0 Å². The quantitative estimate of drug-likeness (QED) is 0.252. The Hall–Kier alpha value is -5.06. The van der Waals surface area contributed by atoms with E-state index in [4.69, 9.17) is 23.9 Å². The van der Waals surface area contributed by atoms with E-state index in [0.717, 1.165) is 52.8 Å². The molecule has 0 aliphatic carbocycles. The molecule has 0 radical (unpaired) electrons. The third kappa shape index (κ3) is 5.09. The highest BCUT2D eigenvalue weighted by Crippen LogP contribution is 2.39. The first-order valence-electron chi connectivity index (χ1n) is 13.7. The van der Waals surface area contributed by atoms with Gasteiger partial charge in [-0.3, -0.25) is 4.68 Å². The van der Waals surface area contributed by atoms with Gasteiger partial charge in [-0.1, -0.05) is 6.07 Å². The van der Waals surface area contributed by atoms with Crippen molar-refractivity contribution >= 4 is 22.5 Å². The molecule has 42 heavy (non-hydrogen) atoms. The van der Waals surface area contributed by atoms with E-state index in [1.165, 1.54) is 0 Å². The first-order valence-corrected chi connectivity index (χ1v) is 13.7. The zero-order valence-corrected chi connectivity index (χ0v) is 24.3. The summed E-state index contributed by atoms with van der Waals surface area (Å²) >= 11 is 0. The molecule has 1 aliphatic heterocycles. The molecular formula is C31H33N7O4. The first kappa shape index (κ1) is 27.1. The van der Waals surface area contributed by atoms with Crippen LogP contribution in [0.5, 0.6) is 28.9 Å². The van der Waals surface area contributed by atoms with Gasteiger partial charge in [0.15, 0.2) is 0 Å². The fourth-order valence-electron chi connectivity index (χ4n) is 5.25. The smallest absolute Gasteiger partial charge is 0.234 e. The molecule has 0 unspecified atom stereocenters. The van der Waals surface area contributed by atoms with Crippen LogP contribution in [0.4, 0.5) is 11.6 Å². The van der Waals surface area contributed by atoms with E-state index in [1.54, 1.807) is 27.7 Å². The number of benzene rings is 2. The van der Waals surface area contributed by atoms with Gasteiger partial charge >= 0.3 is 0 Å². The summed E-state index contributed by atoms with van der Waals surface area (Å²) in [6, 6.07) is 13.7. The highest BCUT2D eigenvalue weighted by atomic mass is 16.5. The van der Waals surface area contributed by atoms with Crippen molar-refractivity contribution in [1.82, 2.24) is 24.7 Å². The van der Waals surface area contributed by atoms with E-state index < -0.39 is 0 Å². The molecule has 2 aromatic carbocycles. The molecule has 0 saturated carbocycles. The van der Waals surface area contributed by atoms with Crippen LogP contribution in [-0.4, -0.2) is 52.6 Å². The molecule has 0 spiro atoms. The van der Waals surface area contributed by atoms with E-state index in [9.17, 15) is 0 Å². The van der Waals surface area contributed by atoms with Gasteiger partial charge in [0.05, 0.1) is 45.6 Å². The predicted molar refractivity (Wildman–Crippen MR) is 160 cm³/mol. The Bertz CT molecular complexity index is 1750. The topological polar surface area (TPSA) is 109 Å². The third-order valence-electron chi connectivity index (χ3n) is 7.55. The Balaban J connectivity index is 1.43. The number of nitrogens with zero attached hydrogens (tertiary/aromatic N) is 6. The minimum absolute atomic E-state index is 0.408. The van der Waals surface area contributed by atoms with Crippen molar-refractivity contribution in [2.45, 2.75) is 33.5 Å². The van der Waals surface area contributed by atoms with E-state index in [2.05, 4.69) is 25.3 Å². The van der Waals surface area contributed by atoms with Crippen LogP contribution in [0.25, 0.3) is 10.9 Å². The molecule has 6 rings (SSSR count). The molecule has 11 heteroatoms. The molecule has 1 N–H and O–H groups in total. The van der Waals surface area contributed by atoms with Crippen LogP contribution in [0, 0.1) is 13.8 Å². The van der Waals surface area contributed by atoms with Gasteiger partial charge in [0.2, 0.25) is 5.88 Å². The van der Waals surface area contributed by atoms with Gasteiger partial charge in [-0.15, -0.1) is 0 Å². The van der Waals surface area contributed by atoms with Gasteiger partial charge in [-0.05, 0) is 43.7 Å². The number of rotatable bonds is 9. The van der Waals surface area contributed by atoms with Gasteiger partial charge in [0.1, 0.15) is 46.3 Å². The number of fused-ring (bicyclic) bond motifs is 2. The minimum Gasteiger partial charge on any atom is -0.497 e. The molecule has 4 heterocycles. The van der Waals surface area contributed by atoms with Gasteiger partial charge in [-0.25, -0.2) is 9.97 Å². The molecule has 1 aliphatic rings. The SMILES string of the molecule is COc1ccc(CNc2ncnc3cc(N4CCn5nccc5C4)nc(Oc4c(C)ccc(OC)c4C)c23)c(OC)c1. The van der Waals surface area contributed by atoms with Crippen molar-refractivity contribution in [3.8, 4) is 28.9 Å². The number of anilines is 2. The van der Waals surface area contributed by atoms with Crippen LogP contribution >= 0.6 is 0 Å². The van der Waals surface area contributed by atoms with Gasteiger partial charge in [0.25, 0.3) is 0 Å². The number of aryl methyl sites for hydroxylation is 1. The Morgan fingerprint density at radius 2 is 1.76 bits per heavy atom. The number of nitrogens with one attached hydrogen (secondary N) is 1. The molecule has 216 valence electrons. The summed E-state index contributed by atoms with van der Waals surface area (Å²) in [7, 11) is 4.93. The summed E-state index contributed by atoms with van der Waals surface area (Å²) in [5.41, 5.74) is 4.63. The van der Waals surface area contributed by atoms with Crippen molar-refractivity contribution in [2.24, 2.45) is 0 Å². The van der Waals surface area contributed by atoms with Crippen molar-refractivity contribution in [3.05, 3.63) is 77.4 Å². The van der Waals surface area contributed by atoms with Crippen molar-refractivity contribution < 1.29 is 18.9 Å². The second kappa shape index (κ2) is 11.4. The molecule has 11 nitrogen and oxygen atoms in total. The Kier molecular flexibility index (Phi) is 7.39. The first-order chi connectivity index (χ1) is 20.5. The average Bonchev–Trinajstić information content (AvgIpc) is 3.50. The highest BCUT2D eigenvalue weighted by molar-refractivity contribution is 5.95. The van der Waals surface area contributed by atoms with Crippen molar-refractivity contribution in [2.75, 3.05) is 38.1 Å². The number of aromatic nitrogens is 5. The molecule has 0 fully saturated rings. The Labute approximate surface area is 244 Å². The van der Waals surface area contributed by atoms with E-state index in [0.29, 0.717) is 47.2 Å². The molecule has 0 bridgehead atoms. The maximum Gasteiger partial charge on any atom is 0.234 e. The number of pyridine rings is 1. The zero-order chi connectivity index (χ0) is 29.2. The van der Waals surface area contributed by atoms with Crippen LogP contribution in [-0.2, 0) is 19.6 Å². The lowest BCUT2D eigenvalue weighted by Crippen LogP contribution is -2.34. The molecule has 5 aromatic rings. The molecule has 0 atom stereocenters. The standard InChI is InChI=1S/C31H33N7O4/c1-19-6-9-25(40-4)20(2)29(19)42-31-28-24(15-27(36-31)37-12-13-38-22(17-37)10-11-35-38)33-18-34-30(28)32-16-21-7-8-23(39-3)14-26(21)41-5/h6-11,14-15,18H,12-13,16-17H2,1-5H3,(H,32,33,34). The van der Waals surface area contributed by atoms with E-state index in [1.807, 2.05) is 67.2 Å². The van der Waals surface area contributed by atoms with E-state index in [-0.39, 0.29) is 0 Å². The summed E-state index contributed by atoms with van der Waals surface area (Å²) in [6.07, 6.45) is 3.38. The number of hydrogen-bond acceptors (Lipinski definition) is 10. The summed E-state index contributed by atoms with van der Waals surface area (Å²) < 4.78 is 25.2. The summed E-state index contributed by atoms with van der Waals surface area (Å²) in [5, 5.41) is 8.55. The monoisotopic (exact) mass is 567 g/mol. The molecule has 3 aromatic heterocycles. The van der Waals surface area contributed by atoms with Crippen LogP contribution in [0.3, 0.4) is 0 Å². The van der Waals surface area contributed by atoms with E-state index >= 15 is 0 Å². The lowest BCUT2D eigenvalue weighted by molar-refractivity contribution is 0.391.